The lowest BCUT2D eigenvalue weighted by molar-refractivity contribution is -0.485. The standard InChI is InChI=1S/C12H15NO3/c1-12(2,9-14)11(8-13(15)16)10-6-4-3-5-7-10/h3-7,9,11H,8H2,1-2H3. The van der Waals surface area contributed by atoms with Crippen molar-refractivity contribution in [2.45, 2.75) is 19.8 Å². The van der Waals surface area contributed by atoms with Crippen molar-refractivity contribution in [2.24, 2.45) is 5.41 Å². The van der Waals surface area contributed by atoms with E-state index in [0.717, 1.165) is 11.8 Å². The fourth-order valence-electron chi connectivity index (χ4n) is 1.69. The highest BCUT2D eigenvalue weighted by Gasteiger charge is 2.34. The molecule has 0 heterocycles. The maximum atomic E-state index is 11.0. The summed E-state index contributed by atoms with van der Waals surface area (Å²) in [5, 5.41) is 10.6. The van der Waals surface area contributed by atoms with E-state index >= 15 is 0 Å². The lowest BCUT2D eigenvalue weighted by Crippen LogP contribution is -2.29. The number of rotatable bonds is 5. The van der Waals surface area contributed by atoms with E-state index in [1.807, 2.05) is 30.3 Å². The van der Waals surface area contributed by atoms with Crippen molar-refractivity contribution in [3.05, 3.63) is 46.0 Å². The van der Waals surface area contributed by atoms with Gasteiger partial charge < -0.3 is 4.79 Å². The first-order chi connectivity index (χ1) is 7.47. The molecule has 4 heteroatoms. The van der Waals surface area contributed by atoms with Crippen LogP contribution in [0.5, 0.6) is 0 Å². The summed E-state index contributed by atoms with van der Waals surface area (Å²) in [5.41, 5.74) is 0.102. The van der Waals surface area contributed by atoms with Crippen LogP contribution in [-0.2, 0) is 4.79 Å². The lowest BCUT2D eigenvalue weighted by atomic mass is 9.76. The molecule has 0 saturated heterocycles. The van der Waals surface area contributed by atoms with Gasteiger partial charge in [-0.3, -0.25) is 10.1 Å². The highest BCUT2D eigenvalue weighted by atomic mass is 16.6. The molecular weight excluding hydrogens is 206 g/mol. The number of hydrogen-bond acceptors (Lipinski definition) is 3. The van der Waals surface area contributed by atoms with Gasteiger partial charge in [-0.05, 0) is 5.56 Å². The minimum Gasteiger partial charge on any atom is -0.303 e. The van der Waals surface area contributed by atoms with Gasteiger partial charge in [0.25, 0.3) is 0 Å². The van der Waals surface area contributed by atoms with Gasteiger partial charge in [0.2, 0.25) is 6.54 Å². The average Bonchev–Trinajstić information content (AvgIpc) is 2.27. The number of benzene rings is 1. The molecule has 0 bridgehead atoms. The first-order valence-electron chi connectivity index (χ1n) is 5.10. The highest BCUT2D eigenvalue weighted by molar-refractivity contribution is 5.60. The molecule has 1 aromatic rings. The second-order valence-electron chi connectivity index (χ2n) is 4.42. The quantitative estimate of drug-likeness (QED) is 0.435. The lowest BCUT2D eigenvalue weighted by Gasteiger charge is -2.26. The van der Waals surface area contributed by atoms with Gasteiger partial charge in [-0.15, -0.1) is 0 Å². The van der Waals surface area contributed by atoms with Gasteiger partial charge in [-0.25, -0.2) is 0 Å². The smallest absolute Gasteiger partial charge is 0.211 e. The van der Waals surface area contributed by atoms with Crippen molar-refractivity contribution >= 4 is 6.29 Å². The number of nitro groups is 1. The molecule has 0 radical (unpaired) electrons. The third-order valence-corrected chi connectivity index (χ3v) is 2.74. The van der Waals surface area contributed by atoms with Crippen molar-refractivity contribution in [2.75, 3.05) is 6.54 Å². The fraction of sp³-hybridized carbons (Fsp3) is 0.417. The Morgan fingerprint density at radius 3 is 2.38 bits per heavy atom. The van der Waals surface area contributed by atoms with E-state index in [0.29, 0.717) is 0 Å². The molecule has 0 aliphatic heterocycles. The van der Waals surface area contributed by atoms with Crippen LogP contribution < -0.4 is 0 Å². The molecule has 86 valence electrons. The van der Waals surface area contributed by atoms with Crippen LogP contribution in [0.25, 0.3) is 0 Å². The number of aldehydes is 1. The Labute approximate surface area is 94.4 Å². The Kier molecular flexibility index (Phi) is 3.77. The monoisotopic (exact) mass is 221 g/mol. The fourth-order valence-corrected chi connectivity index (χ4v) is 1.69. The minimum absolute atomic E-state index is 0.226. The molecule has 0 amide bonds. The predicted octanol–water partition coefficient (Wildman–Crippen LogP) is 2.27. The summed E-state index contributed by atoms with van der Waals surface area (Å²) in [6.45, 7) is 3.22. The molecule has 1 rings (SSSR count). The number of nitrogens with zero attached hydrogens (tertiary/aromatic N) is 1. The zero-order valence-electron chi connectivity index (χ0n) is 9.42. The topological polar surface area (TPSA) is 60.2 Å². The summed E-state index contributed by atoms with van der Waals surface area (Å²) >= 11 is 0. The molecule has 0 fully saturated rings. The molecule has 0 aromatic heterocycles. The molecule has 0 saturated carbocycles. The van der Waals surface area contributed by atoms with Crippen LogP contribution in [0, 0.1) is 15.5 Å². The normalized spacial score (nSPS) is 13.1. The Morgan fingerprint density at radius 2 is 1.94 bits per heavy atom. The van der Waals surface area contributed by atoms with E-state index in [4.69, 9.17) is 0 Å². The van der Waals surface area contributed by atoms with Crippen molar-refractivity contribution in [1.29, 1.82) is 0 Å². The van der Waals surface area contributed by atoms with Gasteiger partial charge in [0, 0.05) is 10.3 Å². The summed E-state index contributed by atoms with van der Waals surface area (Å²) < 4.78 is 0. The Balaban J connectivity index is 3.06. The molecule has 0 N–H and O–H groups in total. The third-order valence-electron chi connectivity index (χ3n) is 2.74. The van der Waals surface area contributed by atoms with Gasteiger partial charge in [0.15, 0.2) is 0 Å². The minimum atomic E-state index is -0.728. The van der Waals surface area contributed by atoms with E-state index in [9.17, 15) is 14.9 Å². The van der Waals surface area contributed by atoms with Gasteiger partial charge in [0.05, 0.1) is 5.92 Å². The average molecular weight is 221 g/mol. The second-order valence-corrected chi connectivity index (χ2v) is 4.42. The van der Waals surface area contributed by atoms with E-state index in [1.165, 1.54) is 0 Å². The number of hydrogen-bond donors (Lipinski definition) is 0. The van der Waals surface area contributed by atoms with Crippen LogP contribution in [-0.4, -0.2) is 17.8 Å². The van der Waals surface area contributed by atoms with Crippen molar-refractivity contribution < 1.29 is 9.72 Å². The van der Waals surface area contributed by atoms with E-state index in [2.05, 4.69) is 0 Å². The van der Waals surface area contributed by atoms with Gasteiger partial charge in [0.1, 0.15) is 6.29 Å². The highest BCUT2D eigenvalue weighted by Crippen LogP contribution is 2.33. The summed E-state index contributed by atoms with van der Waals surface area (Å²) in [4.78, 5) is 21.3. The molecule has 0 spiro atoms. The summed E-state index contributed by atoms with van der Waals surface area (Å²) in [5.74, 6) is -0.388. The molecule has 4 nitrogen and oxygen atoms in total. The van der Waals surface area contributed by atoms with Crippen molar-refractivity contribution in [1.82, 2.24) is 0 Å². The van der Waals surface area contributed by atoms with Gasteiger partial charge in [-0.2, -0.15) is 0 Å². The maximum Gasteiger partial charge on any atom is 0.211 e. The molecular formula is C12H15NO3. The first-order valence-corrected chi connectivity index (χ1v) is 5.10. The molecule has 1 atom stereocenters. The number of carbonyl (C=O) groups is 1. The summed E-state index contributed by atoms with van der Waals surface area (Å²) in [6, 6.07) is 9.13. The predicted molar refractivity (Wildman–Crippen MR) is 60.9 cm³/mol. The Morgan fingerprint density at radius 1 is 1.38 bits per heavy atom. The van der Waals surface area contributed by atoms with E-state index in [1.54, 1.807) is 13.8 Å². The Bertz CT molecular complexity index is 373. The summed E-state index contributed by atoms with van der Waals surface area (Å²) in [6.07, 6.45) is 0.786. The van der Waals surface area contributed by atoms with E-state index < -0.39 is 5.41 Å². The first kappa shape index (κ1) is 12.4. The largest absolute Gasteiger partial charge is 0.303 e. The van der Waals surface area contributed by atoms with Crippen LogP contribution in [0.4, 0.5) is 0 Å². The molecule has 1 aromatic carbocycles. The molecule has 0 aliphatic carbocycles. The molecule has 0 aliphatic rings. The van der Waals surface area contributed by atoms with Crippen molar-refractivity contribution in [3.63, 3.8) is 0 Å². The van der Waals surface area contributed by atoms with E-state index in [-0.39, 0.29) is 17.4 Å². The maximum absolute atomic E-state index is 11.0. The second kappa shape index (κ2) is 4.88. The van der Waals surface area contributed by atoms with Gasteiger partial charge >= 0.3 is 0 Å². The van der Waals surface area contributed by atoms with Gasteiger partial charge in [-0.1, -0.05) is 44.2 Å². The van der Waals surface area contributed by atoms with Crippen LogP contribution in [0.15, 0.2) is 30.3 Å². The third kappa shape index (κ3) is 2.89. The van der Waals surface area contributed by atoms with Crippen LogP contribution >= 0.6 is 0 Å². The van der Waals surface area contributed by atoms with Crippen molar-refractivity contribution in [3.8, 4) is 0 Å². The Hall–Kier alpha value is -1.71. The SMILES string of the molecule is CC(C)(C=O)C(C[N+](=O)[O-])c1ccccc1. The zero-order chi connectivity index (χ0) is 12.2. The zero-order valence-corrected chi connectivity index (χ0v) is 9.42. The summed E-state index contributed by atoms with van der Waals surface area (Å²) in [7, 11) is 0. The van der Waals surface area contributed by atoms with Crippen LogP contribution in [0.2, 0.25) is 0 Å². The molecule has 16 heavy (non-hydrogen) atoms. The number of carbonyl (C=O) groups excluding carboxylic acids is 1. The van der Waals surface area contributed by atoms with Crippen LogP contribution in [0.1, 0.15) is 25.3 Å². The van der Waals surface area contributed by atoms with Crippen LogP contribution in [0.3, 0.4) is 0 Å². The molecule has 1 unspecified atom stereocenters.